The van der Waals surface area contributed by atoms with E-state index in [9.17, 15) is 5.11 Å². The summed E-state index contributed by atoms with van der Waals surface area (Å²) in [6.45, 7) is 7.70. The van der Waals surface area contributed by atoms with Crippen LogP contribution in [0.1, 0.15) is 49.3 Å². The van der Waals surface area contributed by atoms with Gasteiger partial charge in [-0.1, -0.05) is 12.8 Å². The SMILES string of the molecule is CCNC(=NCC1(O)CCCC1)NC(C)Cc1ccc(C)s1.I. The molecule has 1 unspecified atom stereocenters. The standard InChI is InChI=1S/C17H29N3OS.HI/c1-4-18-16(19-12-17(21)9-5-6-10-17)20-13(2)11-15-8-7-14(3)22-15;/h7-8,13,21H,4-6,9-12H2,1-3H3,(H2,18,19,20);1H. The van der Waals surface area contributed by atoms with Gasteiger partial charge in [0.05, 0.1) is 12.1 Å². The van der Waals surface area contributed by atoms with E-state index in [2.05, 4.69) is 48.5 Å². The molecule has 6 heteroatoms. The summed E-state index contributed by atoms with van der Waals surface area (Å²) in [4.78, 5) is 7.35. The average molecular weight is 451 g/mol. The number of aryl methyl sites for hydroxylation is 1. The van der Waals surface area contributed by atoms with E-state index in [4.69, 9.17) is 0 Å². The zero-order valence-corrected chi connectivity index (χ0v) is 17.5. The summed E-state index contributed by atoms with van der Waals surface area (Å²) in [6.07, 6.45) is 4.97. The lowest BCUT2D eigenvalue weighted by atomic mass is 10.0. The molecule has 1 aliphatic carbocycles. The number of nitrogens with zero attached hydrogens (tertiary/aromatic N) is 1. The highest BCUT2D eigenvalue weighted by molar-refractivity contribution is 14.0. The van der Waals surface area contributed by atoms with Crippen LogP contribution in [-0.4, -0.2) is 35.8 Å². The fourth-order valence-electron chi connectivity index (χ4n) is 2.92. The number of halogens is 1. The Balaban J connectivity index is 0.00000264. The Hall–Kier alpha value is -0.340. The molecule has 0 spiro atoms. The van der Waals surface area contributed by atoms with Crippen molar-refractivity contribution in [2.45, 2.75) is 64.5 Å². The van der Waals surface area contributed by atoms with Crippen LogP contribution in [0.25, 0.3) is 0 Å². The first kappa shape index (κ1) is 20.7. The van der Waals surface area contributed by atoms with Gasteiger partial charge in [-0.15, -0.1) is 35.3 Å². The molecular formula is C17H30IN3OS. The van der Waals surface area contributed by atoms with Crippen molar-refractivity contribution in [3.63, 3.8) is 0 Å². The predicted octanol–water partition coefficient (Wildman–Crippen LogP) is 3.47. The largest absolute Gasteiger partial charge is 0.388 e. The van der Waals surface area contributed by atoms with Crippen LogP contribution in [0.15, 0.2) is 17.1 Å². The summed E-state index contributed by atoms with van der Waals surface area (Å²) >= 11 is 1.85. The Bertz CT molecular complexity index is 498. The first-order valence-electron chi connectivity index (χ1n) is 8.33. The van der Waals surface area contributed by atoms with Crippen molar-refractivity contribution in [2.75, 3.05) is 13.1 Å². The first-order chi connectivity index (χ1) is 10.5. The number of guanidine groups is 1. The lowest BCUT2D eigenvalue weighted by Gasteiger charge is -2.22. The zero-order valence-electron chi connectivity index (χ0n) is 14.4. The fraction of sp³-hybridized carbons (Fsp3) is 0.706. The molecule has 1 fully saturated rings. The molecule has 2 rings (SSSR count). The summed E-state index contributed by atoms with van der Waals surface area (Å²) in [6, 6.07) is 4.68. The van der Waals surface area contributed by atoms with Crippen LogP contribution in [-0.2, 0) is 6.42 Å². The Labute approximate surface area is 161 Å². The third kappa shape index (κ3) is 6.97. The van der Waals surface area contributed by atoms with Crippen molar-refractivity contribution < 1.29 is 5.11 Å². The number of rotatable bonds is 6. The van der Waals surface area contributed by atoms with Crippen LogP contribution >= 0.6 is 35.3 Å². The van der Waals surface area contributed by atoms with Crippen LogP contribution in [0.4, 0.5) is 0 Å². The molecule has 23 heavy (non-hydrogen) atoms. The number of nitrogens with one attached hydrogen (secondary N) is 2. The van der Waals surface area contributed by atoms with Crippen LogP contribution in [0.5, 0.6) is 0 Å². The van der Waals surface area contributed by atoms with Crippen molar-refractivity contribution in [1.29, 1.82) is 0 Å². The lowest BCUT2D eigenvalue weighted by molar-refractivity contribution is 0.0574. The molecule has 3 N–H and O–H groups in total. The van der Waals surface area contributed by atoms with Gasteiger partial charge in [0, 0.05) is 28.8 Å². The van der Waals surface area contributed by atoms with Crippen molar-refractivity contribution >= 4 is 41.3 Å². The molecule has 1 saturated carbocycles. The maximum absolute atomic E-state index is 10.4. The van der Waals surface area contributed by atoms with E-state index in [0.717, 1.165) is 44.6 Å². The average Bonchev–Trinajstić information content (AvgIpc) is 3.06. The summed E-state index contributed by atoms with van der Waals surface area (Å²) in [7, 11) is 0. The monoisotopic (exact) mass is 451 g/mol. The summed E-state index contributed by atoms with van der Waals surface area (Å²) in [5.41, 5.74) is -0.587. The van der Waals surface area contributed by atoms with Crippen LogP contribution < -0.4 is 10.6 Å². The molecule has 132 valence electrons. The maximum Gasteiger partial charge on any atom is 0.191 e. The summed E-state index contributed by atoms with van der Waals surface area (Å²) < 4.78 is 0. The highest BCUT2D eigenvalue weighted by Gasteiger charge is 2.30. The summed E-state index contributed by atoms with van der Waals surface area (Å²) in [5, 5.41) is 17.1. The van der Waals surface area contributed by atoms with Gasteiger partial charge >= 0.3 is 0 Å². The van der Waals surface area contributed by atoms with E-state index >= 15 is 0 Å². The Morgan fingerprint density at radius 1 is 1.39 bits per heavy atom. The highest BCUT2D eigenvalue weighted by atomic mass is 127. The van der Waals surface area contributed by atoms with Gasteiger partial charge in [0.15, 0.2) is 5.96 Å². The molecule has 1 aliphatic rings. The predicted molar refractivity (Wildman–Crippen MR) is 110 cm³/mol. The Morgan fingerprint density at radius 3 is 2.65 bits per heavy atom. The van der Waals surface area contributed by atoms with Crippen molar-refractivity contribution in [3.8, 4) is 0 Å². The molecule has 4 nitrogen and oxygen atoms in total. The van der Waals surface area contributed by atoms with Crippen LogP contribution in [0.2, 0.25) is 0 Å². The molecule has 0 saturated heterocycles. The molecular weight excluding hydrogens is 421 g/mol. The summed E-state index contributed by atoms with van der Waals surface area (Å²) in [5.74, 6) is 0.809. The second-order valence-electron chi connectivity index (χ2n) is 6.39. The van der Waals surface area contributed by atoms with Gasteiger partial charge in [0.1, 0.15) is 0 Å². The fourth-order valence-corrected chi connectivity index (χ4v) is 3.94. The third-order valence-electron chi connectivity index (χ3n) is 4.10. The molecule has 0 aliphatic heterocycles. The number of aliphatic imine (C=N–C) groups is 1. The number of aliphatic hydroxyl groups is 1. The van der Waals surface area contributed by atoms with Gasteiger partial charge in [0.2, 0.25) is 0 Å². The zero-order chi connectivity index (χ0) is 16.0. The van der Waals surface area contributed by atoms with Gasteiger partial charge in [-0.3, -0.25) is 4.99 Å². The number of hydrogen-bond acceptors (Lipinski definition) is 3. The van der Waals surface area contributed by atoms with Gasteiger partial charge in [-0.2, -0.15) is 0 Å². The van der Waals surface area contributed by atoms with Crippen LogP contribution in [0, 0.1) is 6.92 Å². The normalized spacial score (nSPS) is 18.3. The minimum atomic E-state index is -0.587. The second kappa shape index (κ2) is 9.84. The molecule has 1 aromatic heterocycles. The van der Waals surface area contributed by atoms with Gasteiger partial charge in [-0.25, -0.2) is 0 Å². The van der Waals surface area contributed by atoms with Gasteiger partial charge < -0.3 is 15.7 Å². The molecule has 1 heterocycles. The number of thiophene rings is 1. The Kier molecular flexibility index (Phi) is 8.85. The van der Waals surface area contributed by atoms with E-state index in [1.54, 1.807) is 0 Å². The topological polar surface area (TPSA) is 56.7 Å². The first-order valence-corrected chi connectivity index (χ1v) is 9.15. The van der Waals surface area contributed by atoms with E-state index in [1.807, 2.05) is 11.3 Å². The molecule has 0 radical (unpaired) electrons. The minimum Gasteiger partial charge on any atom is -0.388 e. The van der Waals surface area contributed by atoms with Crippen molar-refractivity contribution in [2.24, 2.45) is 4.99 Å². The number of hydrogen-bond donors (Lipinski definition) is 3. The van der Waals surface area contributed by atoms with Gasteiger partial charge in [0.25, 0.3) is 0 Å². The van der Waals surface area contributed by atoms with E-state index in [0.29, 0.717) is 12.6 Å². The molecule has 1 aromatic rings. The van der Waals surface area contributed by atoms with E-state index in [1.165, 1.54) is 9.75 Å². The lowest BCUT2D eigenvalue weighted by Crippen LogP contribution is -2.44. The molecule has 0 amide bonds. The third-order valence-corrected chi connectivity index (χ3v) is 5.12. The minimum absolute atomic E-state index is 0. The molecule has 0 aromatic carbocycles. The van der Waals surface area contributed by atoms with Crippen LogP contribution in [0.3, 0.4) is 0 Å². The van der Waals surface area contributed by atoms with Gasteiger partial charge in [-0.05, 0) is 45.7 Å². The smallest absolute Gasteiger partial charge is 0.191 e. The Morgan fingerprint density at radius 2 is 2.09 bits per heavy atom. The molecule has 1 atom stereocenters. The highest BCUT2D eigenvalue weighted by Crippen LogP contribution is 2.29. The quantitative estimate of drug-likeness (QED) is 0.353. The van der Waals surface area contributed by atoms with E-state index < -0.39 is 5.60 Å². The van der Waals surface area contributed by atoms with Crippen molar-refractivity contribution in [1.82, 2.24) is 10.6 Å². The van der Waals surface area contributed by atoms with Crippen molar-refractivity contribution in [3.05, 3.63) is 21.9 Å². The second-order valence-corrected chi connectivity index (χ2v) is 7.76. The maximum atomic E-state index is 10.4. The molecule has 0 bridgehead atoms. The van der Waals surface area contributed by atoms with E-state index in [-0.39, 0.29) is 24.0 Å².